The molecule has 0 radical (unpaired) electrons. The highest BCUT2D eigenvalue weighted by Gasteiger charge is 2.24. The molecular weight excluding hydrogens is 334 g/mol. The summed E-state index contributed by atoms with van der Waals surface area (Å²) in [6.07, 6.45) is 4.18. The van der Waals surface area contributed by atoms with Crippen LogP contribution in [-0.2, 0) is 0 Å². The summed E-state index contributed by atoms with van der Waals surface area (Å²) in [7, 11) is 0. The molecule has 88 valence electrons. The second-order valence-electron chi connectivity index (χ2n) is 4.14. The molecule has 0 saturated carbocycles. The summed E-state index contributed by atoms with van der Waals surface area (Å²) >= 11 is 6.97. The Morgan fingerprint density at radius 1 is 1.50 bits per heavy atom. The molecule has 5 heteroatoms. The summed E-state index contributed by atoms with van der Waals surface area (Å²) in [5.41, 5.74) is 5.59. The Labute approximate surface area is 113 Å². The van der Waals surface area contributed by atoms with Gasteiger partial charge < -0.3 is 10.6 Å². The summed E-state index contributed by atoms with van der Waals surface area (Å²) in [5, 5.41) is 0. The predicted octanol–water partition coefficient (Wildman–Crippen LogP) is 2.78. The second kappa shape index (κ2) is 5.47. The minimum Gasteiger partial charge on any atom is -0.355 e. The number of nitrogens with zero attached hydrogens (tertiary/aromatic N) is 2. The highest BCUT2D eigenvalue weighted by Crippen LogP contribution is 2.31. The third-order valence-electron chi connectivity index (χ3n) is 2.95. The summed E-state index contributed by atoms with van der Waals surface area (Å²) in [6, 6.07) is 2.04. The number of hydrogen-bond donors (Lipinski definition) is 1. The van der Waals surface area contributed by atoms with E-state index in [9.17, 15) is 0 Å². The molecule has 3 nitrogen and oxygen atoms in total. The van der Waals surface area contributed by atoms with Crippen molar-refractivity contribution in [3.63, 3.8) is 0 Å². The first-order valence-corrected chi connectivity index (χ1v) is 7.05. The monoisotopic (exact) mass is 347 g/mol. The van der Waals surface area contributed by atoms with Crippen molar-refractivity contribution in [2.75, 3.05) is 24.5 Å². The molecule has 1 saturated heterocycles. The average Bonchev–Trinajstić information content (AvgIpc) is 2.67. The van der Waals surface area contributed by atoms with Gasteiger partial charge in [0.25, 0.3) is 0 Å². The second-order valence-corrected chi connectivity index (χ2v) is 5.91. The Morgan fingerprint density at radius 2 is 2.31 bits per heavy atom. The molecule has 0 spiro atoms. The van der Waals surface area contributed by atoms with Crippen molar-refractivity contribution in [1.29, 1.82) is 0 Å². The maximum absolute atomic E-state index is 5.59. The summed E-state index contributed by atoms with van der Waals surface area (Å²) in [4.78, 5) is 6.79. The largest absolute Gasteiger partial charge is 0.355 e. The first kappa shape index (κ1) is 12.3. The van der Waals surface area contributed by atoms with Crippen LogP contribution in [0.4, 0.5) is 5.82 Å². The van der Waals surface area contributed by atoms with Crippen LogP contribution in [0.25, 0.3) is 0 Å². The molecule has 1 atom stereocenters. The van der Waals surface area contributed by atoms with Gasteiger partial charge in [0.15, 0.2) is 0 Å². The minimum atomic E-state index is 0.724. The molecule has 1 aliphatic rings. The third kappa shape index (κ3) is 2.76. The first-order chi connectivity index (χ1) is 7.70. The van der Waals surface area contributed by atoms with Crippen LogP contribution in [0.2, 0.25) is 0 Å². The molecule has 1 fully saturated rings. The lowest BCUT2D eigenvalue weighted by Gasteiger charge is -2.18. The number of aromatic nitrogens is 1. The molecule has 1 aromatic heterocycles. The van der Waals surface area contributed by atoms with Crippen LogP contribution in [0, 0.1) is 5.92 Å². The Hall–Kier alpha value is -0.130. The van der Waals surface area contributed by atoms with E-state index in [1.807, 2.05) is 12.3 Å². The molecule has 0 aromatic carbocycles. The van der Waals surface area contributed by atoms with Gasteiger partial charge in [0.1, 0.15) is 5.82 Å². The predicted molar refractivity (Wildman–Crippen MR) is 73.6 cm³/mol. The fraction of sp³-hybridized carbons (Fsp3) is 0.545. The maximum Gasteiger partial charge on any atom is 0.142 e. The van der Waals surface area contributed by atoms with Crippen LogP contribution < -0.4 is 10.6 Å². The van der Waals surface area contributed by atoms with Crippen LogP contribution in [0.15, 0.2) is 21.2 Å². The normalized spacial score (nSPS) is 20.4. The lowest BCUT2D eigenvalue weighted by atomic mass is 10.1. The number of anilines is 1. The summed E-state index contributed by atoms with van der Waals surface area (Å²) in [6.45, 7) is 2.94. The van der Waals surface area contributed by atoms with E-state index in [1.165, 1.54) is 6.42 Å². The van der Waals surface area contributed by atoms with Gasteiger partial charge in [-0.15, -0.1) is 0 Å². The quantitative estimate of drug-likeness (QED) is 0.913. The lowest BCUT2D eigenvalue weighted by Crippen LogP contribution is -2.21. The van der Waals surface area contributed by atoms with Crippen molar-refractivity contribution in [2.45, 2.75) is 12.8 Å². The number of hydrogen-bond acceptors (Lipinski definition) is 3. The number of halogens is 2. The van der Waals surface area contributed by atoms with E-state index >= 15 is 0 Å². The Kier molecular flexibility index (Phi) is 4.21. The van der Waals surface area contributed by atoms with Crippen molar-refractivity contribution in [2.24, 2.45) is 11.7 Å². The van der Waals surface area contributed by atoms with E-state index < -0.39 is 0 Å². The summed E-state index contributed by atoms with van der Waals surface area (Å²) in [5.74, 6) is 1.77. The third-order valence-corrected chi connectivity index (χ3v) is 3.97. The van der Waals surface area contributed by atoms with Gasteiger partial charge >= 0.3 is 0 Å². The maximum atomic E-state index is 5.59. The Balaban J connectivity index is 2.08. The first-order valence-electron chi connectivity index (χ1n) is 5.46. The van der Waals surface area contributed by atoms with Crippen LogP contribution in [-0.4, -0.2) is 24.6 Å². The van der Waals surface area contributed by atoms with Crippen molar-refractivity contribution in [3.05, 3.63) is 21.2 Å². The molecule has 16 heavy (non-hydrogen) atoms. The Bertz CT molecular complexity index is 370. The molecular formula is C11H15Br2N3. The minimum absolute atomic E-state index is 0.724. The van der Waals surface area contributed by atoms with E-state index in [0.717, 1.165) is 46.7 Å². The highest BCUT2D eigenvalue weighted by atomic mass is 79.9. The van der Waals surface area contributed by atoms with Crippen molar-refractivity contribution >= 4 is 37.7 Å². The molecule has 1 unspecified atom stereocenters. The van der Waals surface area contributed by atoms with Gasteiger partial charge in [-0.3, -0.25) is 0 Å². The van der Waals surface area contributed by atoms with Crippen LogP contribution >= 0.6 is 31.9 Å². The topological polar surface area (TPSA) is 42.1 Å². The summed E-state index contributed by atoms with van der Waals surface area (Å²) < 4.78 is 2.05. The van der Waals surface area contributed by atoms with Crippen molar-refractivity contribution in [3.8, 4) is 0 Å². The molecule has 2 heterocycles. The van der Waals surface area contributed by atoms with Gasteiger partial charge in [0, 0.05) is 23.8 Å². The van der Waals surface area contributed by atoms with Crippen LogP contribution in [0.3, 0.4) is 0 Å². The number of rotatable bonds is 3. The van der Waals surface area contributed by atoms with Gasteiger partial charge in [-0.25, -0.2) is 4.98 Å². The van der Waals surface area contributed by atoms with E-state index in [4.69, 9.17) is 5.73 Å². The average molecular weight is 349 g/mol. The van der Waals surface area contributed by atoms with E-state index in [2.05, 4.69) is 41.7 Å². The van der Waals surface area contributed by atoms with E-state index in [1.54, 1.807) is 0 Å². The molecule has 0 bridgehead atoms. The zero-order valence-electron chi connectivity index (χ0n) is 9.00. The zero-order chi connectivity index (χ0) is 11.5. The molecule has 0 aliphatic carbocycles. The van der Waals surface area contributed by atoms with Crippen molar-refractivity contribution < 1.29 is 0 Å². The highest BCUT2D eigenvalue weighted by molar-refractivity contribution is 9.11. The molecule has 1 aliphatic heterocycles. The Morgan fingerprint density at radius 3 is 3.00 bits per heavy atom. The van der Waals surface area contributed by atoms with Gasteiger partial charge in [-0.1, -0.05) is 0 Å². The van der Waals surface area contributed by atoms with Gasteiger partial charge in [0.05, 0.1) is 4.47 Å². The molecule has 2 N–H and O–H groups in total. The molecule has 0 amide bonds. The molecule has 1 aromatic rings. The van der Waals surface area contributed by atoms with Gasteiger partial charge in [-0.2, -0.15) is 0 Å². The standard InChI is InChI=1S/C11H15Br2N3/c12-9-5-10(13)11(15-6-9)16-4-2-8(7-16)1-3-14/h5-6,8H,1-4,7,14H2. The van der Waals surface area contributed by atoms with Gasteiger partial charge in [-0.05, 0) is 63.2 Å². The fourth-order valence-corrected chi connectivity index (χ4v) is 3.37. The number of pyridine rings is 1. The van der Waals surface area contributed by atoms with Crippen molar-refractivity contribution in [1.82, 2.24) is 4.98 Å². The van der Waals surface area contributed by atoms with Crippen LogP contribution in [0.1, 0.15) is 12.8 Å². The molecule has 2 rings (SSSR count). The number of nitrogens with two attached hydrogens (primary N) is 1. The van der Waals surface area contributed by atoms with Gasteiger partial charge in [0.2, 0.25) is 0 Å². The van der Waals surface area contributed by atoms with E-state index in [0.29, 0.717) is 0 Å². The zero-order valence-corrected chi connectivity index (χ0v) is 12.2. The lowest BCUT2D eigenvalue weighted by molar-refractivity contribution is 0.546. The SMILES string of the molecule is NCCC1CCN(c2ncc(Br)cc2Br)C1. The smallest absolute Gasteiger partial charge is 0.142 e. The van der Waals surface area contributed by atoms with E-state index in [-0.39, 0.29) is 0 Å². The fourth-order valence-electron chi connectivity index (χ4n) is 2.14. The van der Waals surface area contributed by atoms with Crippen LogP contribution in [0.5, 0.6) is 0 Å².